The van der Waals surface area contributed by atoms with Crippen LogP contribution in [0.5, 0.6) is 0 Å². The standard InChI is InChI=1S/C20H18F2N4O/c21-13-8-9-15(14(22)12-13)25-20(27)18-19(26-10-4-1-5-11-26)24-17-7-3-2-6-16(17)23-18/h2-3,6-9,12H,1,4-5,10-11H2,(H,25,27). The molecule has 1 aromatic heterocycles. The number of amides is 1. The number of fused-ring (bicyclic) bond motifs is 1. The molecule has 0 unspecified atom stereocenters. The number of carbonyl (C=O) groups excluding carboxylic acids is 1. The SMILES string of the molecule is O=C(Nc1ccc(F)cc1F)c1nc2ccccc2nc1N1CCCCC1. The summed E-state index contributed by atoms with van der Waals surface area (Å²) < 4.78 is 27.0. The lowest BCUT2D eigenvalue weighted by molar-refractivity contribution is 0.102. The third-order valence-corrected chi connectivity index (χ3v) is 4.60. The molecule has 0 bridgehead atoms. The van der Waals surface area contributed by atoms with E-state index in [1.54, 1.807) is 6.07 Å². The van der Waals surface area contributed by atoms with Gasteiger partial charge < -0.3 is 10.2 Å². The number of carbonyl (C=O) groups is 1. The van der Waals surface area contributed by atoms with Crippen LogP contribution in [0.4, 0.5) is 20.3 Å². The van der Waals surface area contributed by atoms with Crippen molar-refractivity contribution in [1.29, 1.82) is 0 Å². The zero-order chi connectivity index (χ0) is 18.8. The molecule has 7 heteroatoms. The molecule has 27 heavy (non-hydrogen) atoms. The number of piperidine rings is 1. The fraction of sp³-hybridized carbons (Fsp3) is 0.250. The molecule has 1 fully saturated rings. The van der Waals surface area contributed by atoms with Crippen molar-refractivity contribution in [3.8, 4) is 0 Å². The van der Waals surface area contributed by atoms with Crippen LogP contribution in [-0.4, -0.2) is 29.0 Å². The van der Waals surface area contributed by atoms with Crippen LogP contribution in [0.3, 0.4) is 0 Å². The molecule has 0 atom stereocenters. The first-order valence-corrected chi connectivity index (χ1v) is 8.90. The second-order valence-electron chi connectivity index (χ2n) is 6.51. The Balaban J connectivity index is 1.74. The Labute approximate surface area is 155 Å². The Hall–Kier alpha value is -3.09. The molecule has 0 radical (unpaired) electrons. The van der Waals surface area contributed by atoms with Gasteiger partial charge in [0.25, 0.3) is 5.91 Å². The highest BCUT2D eigenvalue weighted by Crippen LogP contribution is 2.25. The number of nitrogens with one attached hydrogen (secondary N) is 1. The normalized spacial score (nSPS) is 14.4. The van der Waals surface area contributed by atoms with Gasteiger partial charge in [0, 0.05) is 19.2 Å². The van der Waals surface area contributed by atoms with Crippen LogP contribution in [0, 0.1) is 11.6 Å². The first kappa shape index (κ1) is 17.3. The molecule has 0 spiro atoms. The lowest BCUT2D eigenvalue weighted by atomic mass is 10.1. The van der Waals surface area contributed by atoms with Crippen molar-refractivity contribution >= 4 is 28.4 Å². The van der Waals surface area contributed by atoms with Gasteiger partial charge >= 0.3 is 0 Å². The number of benzene rings is 2. The molecule has 5 nitrogen and oxygen atoms in total. The van der Waals surface area contributed by atoms with Crippen molar-refractivity contribution in [3.05, 3.63) is 59.8 Å². The molecular weight excluding hydrogens is 350 g/mol. The van der Waals surface area contributed by atoms with Crippen molar-refractivity contribution in [2.75, 3.05) is 23.3 Å². The van der Waals surface area contributed by atoms with Crippen LogP contribution in [-0.2, 0) is 0 Å². The van der Waals surface area contributed by atoms with Crippen molar-refractivity contribution < 1.29 is 13.6 Å². The average molecular weight is 368 g/mol. The molecular formula is C20H18F2N4O. The summed E-state index contributed by atoms with van der Waals surface area (Å²) in [7, 11) is 0. The minimum absolute atomic E-state index is 0.0963. The summed E-state index contributed by atoms with van der Waals surface area (Å²) >= 11 is 0. The van der Waals surface area contributed by atoms with Gasteiger partial charge in [0.05, 0.1) is 16.7 Å². The molecule has 1 aliphatic rings. The molecule has 1 N–H and O–H groups in total. The van der Waals surface area contributed by atoms with Crippen LogP contribution in [0.2, 0.25) is 0 Å². The number of para-hydroxylation sites is 2. The Bertz CT molecular complexity index is 1000. The maximum absolute atomic E-state index is 13.9. The van der Waals surface area contributed by atoms with Crippen molar-refractivity contribution in [1.82, 2.24) is 9.97 Å². The molecule has 1 aliphatic heterocycles. The Morgan fingerprint density at radius 1 is 0.963 bits per heavy atom. The van der Waals surface area contributed by atoms with E-state index in [4.69, 9.17) is 0 Å². The third kappa shape index (κ3) is 3.58. The van der Waals surface area contributed by atoms with E-state index in [9.17, 15) is 13.6 Å². The van der Waals surface area contributed by atoms with E-state index < -0.39 is 17.5 Å². The molecule has 1 amide bonds. The van der Waals surface area contributed by atoms with E-state index in [-0.39, 0.29) is 11.4 Å². The summed E-state index contributed by atoms with van der Waals surface area (Å²) in [6.07, 6.45) is 3.17. The minimum atomic E-state index is -0.836. The van der Waals surface area contributed by atoms with Crippen molar-refractivity contribution in [3.63, 3.8) is 0 Å². The zero-order valence-corrected chi connectivity index (χ0v) is 14.6. The van der Waals surface area contributed by atoms with Gasteiger partial charge in [0.2, 0.25) is 0 Å². The first-order valence-electron chi connectivity index (χ1n) is 8.90. The number of halogens is 2. The number of anilines is 2. The van der Waals surface area contributed by atoms with Crippen LogP contribution in [0.15, 0.2) is 42.5 Å². The summed E-state index contributed by atoms with van der Waals surface area (Å²) in [5.41, 5.74) is 1.32. The number of aromatic nitrogens is 2. The molecule has 4 rings (SSSR count). The third-order valence-electron chi connectivity index (χ3n) is 4.60. The van der Waals surface area contributed by atoms with Crippen LogP contribution in [0.1, 0.15) is 29.8 Å². The van der Waals surface area contributed by atoms with E-state index in [0.717, 1.165) is 44.5 Å². The lowest BCUT2D eigenvalue weighted by Crippen LogP contribution is -2.33. The zero-order valence-electron chi connectivity index (χ0n) is 14.6. The van der Waals surface area contributed by atoms with E-state index in [0.29, 0.717) is 16.9 Å². The van der Waals surface area contributed by atoms with Gasteiger partial charge in [0.1, 0.15) is 11.6 Å². The van der Waals surface area contributed by atoms with Crippen LogP contribution >= 0.6 is 0 Å². The predicted octanol–water partition coefficient (Wildman–Crippen LogP) is 4.15. The second-order valence-corrected chi connectivity index (χ2v) is 6.51. The van der Waals surface area contributed by atoms with Gasteiger partial charge in [0.15, 0.2) is 11.5 Å². The van der Waals surface area contributed by atoms with Crippen LogP contribution in [0.25, 0.3) is 11.0 Å². The van der Waals surface area contributed by atoms with Gasteiger partial charge in [-0.25, -0.2) is 18.7 Å². The maximum atomic E-state index is 13.9. The fourth-order valence-electron chi connectivity index (χ4n) is 3.24. The van der Waals surface area contributed by atoms with Crippen LogP contribution < -0.4 is 10.2 Å². The van der Waals surface area contributed by atoms with Crippen molar-refractivity contribution in [2.24, 2.45) is 0 Å². The van der Waals surface area contributed by atoms with E-state index >= 15 is 0 Å². The predicted molar refractivity (Wildman–Crippen MR) is 99.9 cm³/mol. The van der Waals surface area contributed by atoms with Gasteiger partial charge in [-0.2, -0.15) is 0 Å². The Morgan fingerprint density at radius 2 is 1.67 bits per heavy atom. The van der Waals surface area contributed by atoms with E-state index in [1.807, 2.05) is 23.1 Å². The lowest BCUT2D eigenvalue weighted by Gasteiger charge is -2.29. The van der Waals surface area contributed by atoms with Gasteiger partial charge in [-0.05, 0) is 43.5 Å². The molecule has 2 aromatic carbocycles. The summed E-state index contributed by atoms with van der Waals surface area (Å²) in [5.74, 6) is -1.62. The van der Waals surface area contributed by atoms with E-state index in [2.05, 4.69) is 15.3 Å². The molecule has 2 heterocycles. The summed E-state index contributed by atoms with van der Waals surface area (Å²) in [5, 5.41) is 2.49. The van der Waals surface area contributed by atoms with Gasteiger partial charge in [-0.1, -0.05) is 12.1 Å². The summed E-state index contributed by atoms with van der Waals surface area (Å²) in [6.45, 7) is 1.58. The highest BCUT2D eigenvalue weighted by atomic mass is 19.1. The monoisotopic (exact) mass is 368 g/mol. The van der Waals surface area contributed by atoms with Gasteiger partial charge in [-0.3, -0.25) is 4.79 Å². The molecule has 0 saturated carbocycles. The largest absolute Gasteiger partial charge is 0.355 e. The second kappa shape index (κ2) is 7.26. The molecule has 138 valence electrons. The molecule has 0 aliphatic carbocycles. The summed E-state index contributed by atoms with van der Waals surface area (Å²) in [6, 6.07) is 10.3. The quantitative estimate of drug-likeness (QED) is 0.755. The average Bonchev–Trinajstić information content (AvgIpc) is 2.69. The molecule has 1 saturated heterocycles. The maximum Gasteiger partial charge on any atom is 0.278 e. The highest BCUT2D eigenvalue weighted by molar-refractivity contribution is 6.07. The highest BCUT2D eigenvalue weighted by Gasteiger charge is 2.23. The van der Waals surface area contributed by atoms with Crippen molar-refractivity contribution in [2.45, 2.75) is 19.3 Å². The number of nitrogens with zero attached hydrogens (tertiary/aromatic N) is 3. The Kier molecular flexibility index (Phi) is 4.66. The number of rotatable bonds is 3. The van der Waals surface area contributed by atoms with Gasteiger partial charge in [-0.15, -0.1) is 0 Å². The molecule has 3 aromatic rings. The topological polar surface area (TPSA) is 58.1 Å². The fourth-order valence-corrected chi connectivity index (χ4v) is 3.24. The minimum Gasteiger partial charge on any atom is -0.355 e. The Morgan fingerprint density at radius 3 is 2.37 bits per heavy atom. The summed E-state index contributed by atoms with van der Waals surface area (Å²) in [4.78, 5) is 24.0. The first-order chi connectivity index (χ1) is 13.1. The van der Waals surface area contributed by atoms with E-state index in [1.165, 1.54) is 6.07 Å². The smallest absolute Gasteiger partial charge is 0.278 e. The number of hydrogen-bond acceptors (Lipinski definition) is 4. The number of hydrogen-bond donors (Lipinski definition) is 1.